The summed E-state index contributed by atoms with van der Waals surface area (Å²) in [5.41, 5.74) is -1.33. The molecular weight excluding hydrogens is 447 g/mol. The molecule has 162 valence electrons. The van der Waals surface area contributed by atoms with Crippen LogP contribution in [-0.2, 0) is 10.0 Å². The third-order valence-electron chi connectivity index (χ3n) is 3.88. The first-order valence-electron chi connectivity index (χ1n) is 8.26. The van der Waals surface area contributed by atoms with Crippen molar-refractivity contribution in [2.45, 2.75) is 11.8 Å². The topological polar surface area (TPSA) is 101 Å². The molecular formula is C18H11F5N4O3S. The van der Waals surface area contributed by atoms with Crippen molar-refractivity contribution in [2.24, 2.45) is 0 Å². The van der Waals surface area contributed by atoms with Crippen molar-refractivity contribution in [1.82, 2.24) is 9.97 Å². The molecule has 1 amide bonds. The highest BCUT2D eigenvalue weighted by molar-refractivity contribution is 7.92. The highest BCUT2D eigenvalue weighted by atomic mass is 32.2. The van der Waals surface area contributed by atoms with Gasteiger partial charge in [-0.1, -0.05) is 0 Å². The van der Waals surface area contributed by atoms with Gasteiger partial charge < -0.3 is 5.32 Å². The highest BCUT2D eigenvalue weighted by Crippen LogP contribution is 2.24. The van der Waals surface area contributed by atoms with Crippen LogP contribution in [0.4, 0.5) is 33.6 Å². The fraction of sp³-hybridized carbons (Fsp3) is 0.0556. The Balaban J connectivity index is 1.82. The van der Waals surface area contributed by atoms with Crippen molar-refractivity contribution in [3.63, 3.8) is 0 Å². The van der Waals surface area contributed by atoms with Gasteiger partial charge in [0.1, 0.15) is 5.56 Å². The van der Waals surface area contributed by atoms with Gasteiger partial charge in [-0.15, -0.1) is 0 Å². The number of amides is 1. The van der Waals surface area contributed by atoms with Crippen molar-refractivity contribution in [3.05, 3.63) is 76.9 Å². The fourth-order valence-corrected chi connectivity index (χ4v) is 3.34. The maximum atomic E-state index is 13.7. The first-order valence-corrected chi connectivity index (χ1v) is 9.75. The zero-order valence-electron chi connectivity index (χ0n) is 15.4. The Morgan fingerprint density at radius 2 is 1.42 bits per heavy atom. The number of aromatic nitrogens is 2. The Morgan fingerprint density at radius 1 is 0.871 bits per heavy atom. The maximum Gasteiger partial charge on any atom is 0.264 e. The van der Waals surface area contributed by atoms with Crippen LogP contribution >= 0.6 is 0 Å². The summed E-state index contributed by atoms with van der Waals surface area (Å²) in [6.07, 6.45) is 1.35. The molecule has 0 saturated carbocycles. The molecule has 0 unspecified atom stereocenters. The van der Waals surface area contributed by atoms with E-state index in [0.717, 1.165) is 24.3 Å². The van der Waals surface area contributed by atoms with Crippen LogP contribution < -0.4 is 10.0 Å². The molecule has 3 aromatic rings. The lowest BCUT2D eigenvalue weighted by Crippen LogP contribution is -2.19. The molecule has 0 bridgehead atoms. The molecule has 0 aliphatic heterocycles. The van der Waals surface area contributed by atoms with Crippen LogP contribution in [0.5, 0.6) is 0 Å². The van der Waals surface area contributed by atoms with Gasteiger partial charge in [0.05, 0.1) is 4.90 Å². The highest BCUT2D eigenvalue weighted by Gasteiger charge is 2.29. The number of nitrogens with zero attached hydrogens (tertiary/aromatic N) is 2. The van der Waals surface area contributed by atoms with Gasteiger partial charge in [0, 0.05) is 17.6 Å². The number of carbonyl (C=O) groups is 1. The zero-order valence-corrected chi connectivity index (χ0v) is 16.2. The Labute approximate surface area is 172 Å². The maximum absolute atomic E-state index is 13.7. The second-order valence-corrected chi connectivity index (χ2v) is 7.73. The van der Waals surface area contributed by atoms with Crippen molar-refractivity contribution in [2.75, 3.05) is 10.0 Å². The van der Waals surface area contributed by atoms with Gasteiger partial charge in [0.25, 0.3) is 15.9 Å². The molecule has 0 fully saturated rings. The SMILES string of the molecule is Cc1ccnc(NS(=O)(=O)c2ccc(NC(=O)c3c(F)c(F)c(F)c(F)c3F)cc2)n1. The van der Waals surface area contributed by atoms with Crippen LogP contribution in [0.15, 0.2) is 41.4 Å². The second kappa shape index (κ2) is 8.26. The smallest absolute Gasteiger partial charge is 0.264 e. The van der Waals surface area contributed by atoms with Crippen molar-refractivity contribution in [1.29, 1.82) is 0 Å². The summed E-state index contributed by atoms with van der Waals surface area (Å²) < 4.78 is 94.0. The monoisotopic (exact) mass is 458 g/mol. The number of rotatable bonds is 5. The summed E-state index contributed by atoms with van der Waals surface area (Å²) in [5, 5.41) is 1.93. The Hall–Kier alpha value is -3.61. The number of benzene rings is 2. The number of hydrogen-bond acceptors (Lipinski definition) is 5. The lowest BCUT2D eigenvalue weighted by Gasteiger charge is -2.10. The standard InChI is InChI=1S/C18H11F5N4O3S/c1-8-6-7-24-18(25-8)27-31(29,30)10-4-2-9(3-5-10)26-17(28)11-12(19)14(21)16(23)15(22)13(11)20/h2-7H,1H3,(H,26,28)(H,24,25,27). The van der Waals surface area contributed by atoms with E-state index in [1.54, 1.807) is 13.0 Å². The number of nitrogens with one attached hydrogen (secondary N) is 2. The summed E-state index contributed by atoms with van der Waals surface area (Å²) in [6, 6.07) is 5.73. The molecule has 1 heterocycles. The van der Waals surface area contributed by atoms with Crippen LogP contribution in [0, 0.1) is 36.0 Å². The minimum Gasteiger partial charge on any atom is -0.322 e. The summed E-state index contributed by atoms with van der Waals surface area (Å²) >= 11 is 0. The van der Waals surface area contributed by atoms with Gasteiger partial charge >= 0.3 is 0 Å². The third kappa shape index (κ3) is 4.45. The molecule has 0 spiro atoms. The van der Waals surface area contributed by atoms with E-state index in [4.69, 9.17) is 0 Å². The van der Waals surface area contributed by atoms with Crippen LogP contribution in [0.25, 0.3) is 0 Å². The van der Waals surface area contributed by atoms with E-state index in [0.29, 0.717) is 5.69 Å². The zero-order chi connectivity index (χ0) is 22.9. The van der Waals surface area contributed by atoms with Gasteiger partial charge in [-0.3, -0.25) is 4.79 Å². The number of carbonyl (C=O) groups excluding carboxylic acids is 1. The van der Waals surface area contributed by atoms with E-state index in [-0.39, 0.29) is 16.5 Å². The lowest BCUT2D eigenvalue weighted by molar-refractivity contribution is 0.101. The molecule has 0 radical (unpaired) electrons. The van der Waals surface area contributed by atoms with E-state index in [1.165, 1.54) is 6.20 Å². The van der Waals surface area contributed by atoms with Gasteiger partial charge in [-0.25, -0.2) is 45.1 Å². The van der Waals surface area contributed by atoms with Crippen LogP contribution in [0.1, 0.15) is 16.1 Å². The number of halogens is 5. The Morgan fingerprint density at radius 3 is 1.97 bits per heavy atom. The van der Waals surface area contributed by atoms with Crippen molar-refractivity contribution in [3.8, 4) is 0 Å². The molecule has 31 heavy (non-hydrogen) atoms. The first-order chi connectivity index (χ1) is 14.5. The molecule has 2 N–H and O–H groups in total. The fourth-order valence-electron chi connectivity index (χ4n) is 2.39. The van der Waals surface area contributed by atoms with Crippen molar-refractivity contribution >= 4 is 27.6 Å². The molecule has 0 saturated heterocycles. The lowest BCUT2D eigenvalue weighted by atomic mass is 10.1. The van der Waals surface area contributed by atoms with E-state index in [9.17, 15) is 35.2 Å². The van der Waals surface area contributed by atoms with Crippen LogP contribution in [-0.4, -0.2) is 24.3 Å². The summed E-state index contributed by atoms with van der Waals surface area (Å²) in [5.74, 6) is -13.3. The minimum absolute atomic E-state index is 0.167. The Bertz CT molecular complexity index is 1260. The Kier molecular flexibility index (Phi) is 5.88. The molecule has 0 atom stereocenters. The van der Waals surface area contributed by atoms with E-state index in [1.807, 2.05) is 5.32 Å². The molecule has 1 aromatic heterocycles. The minimum atomic E-state index is -4.11. The molecule has 7 nitrogen and oxygen atoms in total. The summed E-state index contributed by atoms with van der Waals surface area (Å²) in [7, 11) is -4.11. The molecule has 0 aliphatic carbocycles. The van der Waals surface area contributed by atoms with Gasteiger partial charge in [0.2, 0.25) is 11.8 Å². The normalized spacial score (nSPS) is 11.3. The first kappa shape index (κ1) is 22.1. The van der Waals surface area contributed by atoms with Crippen LogP contribution in [0.2, 0.25) is 0 Å². The van der Waals surface area contributed by atoms with E-state index < -0.39 is 50.6 Å². The average Bonchev–Trinajstić information content (AvgIpc) is 2.71. The summed E-state index contributed by atoms with van der Waals surface area (Å²) in [4.78, 5) is 19.4. The molecule has 0 aliphatic rings. The third-order valence-corrected chi connectivity index (χ3v) is 5.22. The largest absolute Gasteiger partial charge is 0.322 e. The molecule has 3 rings (SSSR count). The number of sulfonamides is 1. The predicted octanol–water partition coefficient (Wildman–Crippen LogP) is 3.53. The van der Waals surface area contributed by atoms with Crippen molar-refractivity contribution < 1.29 is 35.2 Å². The van der Waals surface area contributed by atoms with Gasteiger partial charge in [-0.05, 0) is 37.3 Å². The van der Waals surface area contributed by atoms with E-state index >= 15 is 0 Å². The average molecular weight is 458 g/mol. The second-order valence-electron chi connectivity index (χ2n) is 6.05. The quantitative estimate of drug-likeness (QED) is 0.346. The van der Waals surface area contributed by atoms with E-state index in [2.05, 4.69) is 14.7 Å². The molecule has 13 heteroatoms. The number of anilines is 2. The predicted molar refractivity (Wildman–Crippen MR) is 98.2 cm³/mol. The molecule has 2 aromatic carbocycles. The van der Waals surface area contributed by atoms with Crippen LogP contribution in [0.3, 0.4) is 0 Å². The van der Waals surface area contributed by atoms with Gasteiger partial charge in [-0.2, -0.15) is 0 Å². The number of hydrogen-bond donors (Lipinski definition) is 2. The van der Waals surface area contributed by atoms with Gasteiger partial charge in [0.15, 0.2) is 23.3 Å². The summed E-state index contributed by atoms with van der Waals surface area (Å²) in [6.45, 7) is 1.63. The number of aryl methyl sites for hydroxylation is 1.